The van der Waals surface area contributed by atoms with Gasteiger partial charge in [0.2, 0.25) is 0 Å². The van der Waals surface area contributed by atoms with Crippen LogP contribution in [0.5, 0.6) is 0 Å². The number of imidazole rings is 1. The number of nitrogens with zero attached hydrogens (tertiary/aromatic N) is 1. The van der Waals surface area contributed by atoms with Crippen molar-refractivity contribution in [2.75, 3.05) is 0 Å². The van der Waals surface area contributed by atoms with Gasteiger partial charge in [0, 0.05) is 18.4 Å². The SMILES string of the molecule is CC(C)(C)CC(NCc1ncc[nH]1)c1ccc(F)cc1. The molecule has 0 fully saturated rings. The lowest BCUT2D eigenvalue weighted by Crippen LogP contribution is -2.26. The normalized spacial score (nSPS) is 13.4. The molecule has 4 heteroatoms. The average Bonchev–Trinajstić information content (AvgIpc) is 2.87. The number of hydrogen-bond acceptors (Lipinski definition) is 2. The minimum atomic E-state index is -0.200. The Morgan fingerprint density at radius 1 is 1.25 bits per heavy atom. The fourth-order valence-corrected chi connectivity index (χ4v) is 2.23. The number of benzene rings is 1. The third-order valence-corrected chi connectivity index (χ3v) is 3.16. The molecule has 0 aliphatic carbocycles. The topological polar surface area (TPSA) is 40.7 Å². The Labute approximate surface area is 119 Å². The zero-order chi connectivity index (χ0) is 14.6. The molecule has 1 aromatic heterocycles. The first-order valence-corrected chi connectivity index (χ1v) is 6.91. The maximum atomic E-state index is 13.1. The van der Waals surface area contributed by atoms with Crippen molar-refractivity contribution in [2.24, 2.45) is 5.41 Å². The van der Waals surface area contributed by atoms with Crippen LogP contribution in [-0.4, -0.2) is 9.97 Å². The van der Waals surface area contributed by atoms with E-state index in [0.29, 0.717) is 6.54 Å². The Morgan fingerprint density at radius 2 is 1.95 bits per heavy atom. The average molecular weight is 275 g/mol. The second-order valence-electron chi connectivity index (χ2n) is 6.29. The summed E-state index contributed by atoms with van der Waals surface area (Å²) in [6.07, 6.45) is 4.53. The van der Waals surface area contributed by atoms with Crippen LogP contribution in [-0.2, 0) is 6.54 Å². The lowest BCUT2D eigenvalue weighted by molar-refractivity contribution is 0.309. The van der Waals surface area contributed by atoms with Gasteiger partial charge in [-0.1, -0.05) is 32.9 Å². The number of nitrogens with one attached hydrogen (secondary N) is 2. The van der Waals surface area contributed by atoms with Crippen molar-refractivity contribution in [1.82, 2.24) is 15.3 Å². The van der Waals surface area contributed by atoms with Gasteiger partial charge in [-0.05, 0) is 29.5 Å². The Morgan fingerprint density at radius 3 is 2.50 bits per heavy atom. The van der Waals surface area contributed by atoms with Crippen LogP contribution in [0.4, 0.5) is 4.39 Å². The van der Waals surface area contributed by atoms with Crippen molar-refractivity contribution in [3.05, 3.63) is 53.9 Å². The number of rotatable bonds is 5. The van der Waals surface area contributed by atoms with Crippen LogP contribution in [0, 0.1) is 11.2 Å². The summed E-state index contributed by atoms with van der Waals surface area (Å²) in [5.41, 5.74) is 1.29. The molecule has 0 amide bonds. The minimum absolute atomic E-state index is 0.181. The summed E-state index contributed by atoms with van der Waals surface area (Å²) in [4.78, 5) is 7.30. The van der Waals surface area contributed by atoms with E-state index in [1.807, 2.05) is 18.3 Å². The fourth-order valence-electron chi connectivity index (χ4n) is 2.23. The van der Waals surface area contributed by atoms with Gasteiger partial charge in [-0.15, -0.1) is 0 Å². The van der Waals surface area contributed by atoms with Gasteiger partial charge in [0.15, 0.2) is 0 Å². The molecular formula is C16H22FN3. The van der Waals surface area contributed by atoms with Crippen LogP contribution in [0.15, 0.2) is 36.7 Å². The van der Waals surface area contributed by atoms with Crippen molar-refractivity contribution >= 4 is 0 Å². The van der Waals surface area contributed by atoms with Crippen molar-refractivity contribution in [1.29, 1.82) is 0 Å². The highest BCUT2D eigenvalue weighted by Crippen LogP contribution is 2.29. The lowest BCUT2D eigenvalue weighted by Gasteiger charge is -2.27. The van der Waals surface area contributed by atoms with E-state index in [1.165, 1.54) is 12.1 Å². The molecule has 0 spiro atoms. The molecule has 1 heterocycles. The number of aromatic amines is 1. The van der Waals surface area contributed by atoms with Gasteiger partial charge >= 0.3 is 0 Å². The molecule has 20 heavy (non-hydrogen) atoms. The van der Waals surface area contributed by atoms with Crippen LogP contribution >= 0.6 is 0 Å². The quantitative estimate of drug-likeness (QED) is 0.871. The fraction of sp³-hybridized carbons (Fsp3) is 0.438. The summed E-state index contributed by atoms with van der Waals surface area (Å²) in [5.74, 6) is 0.709. The van der Waals surface area contributed by atoms with Crippen molar-refractivity contribution in [3.63, 3.8) is 0 Å². The second kappa shape index (κ2) is 6.18. The Hall–Kier alpha value is -1.68. The minimum Gasteiger partial charge on any atom is -0.348 e. The van der Waals surface area contributed by atoms with Gasteiger partial charge in [0.25, 0.3) is 0 Å². The van der Waals surface area contributed by atoms with E-state index in [4.69, 9.17) is 0 Å². The summed E-state index contributed by atoms with van der Waals surface area (Å²) in [5, 5.41) is 3.50. The first-order valence-electron chi connectivity index (χ1n) is 6.91. The molecule has 1 aromatic carbocycles. The summed E-state index contributed by atoms with van der Waals surface area (Å²) in [6.45, 7) is 7.29. The molecule has 3 nitrogen and oxygen atoms in total. The molecule has 0 radical (unpaired) electrons. The van der Waals surface area contributed by atoms with Gasteiger partial charge in [-0.2, -0.15) is 0 Å². The van der Waals surface area contributed by atoms with Crippen molar-refractivity contribution < 1.29 is 4.39 Å². The largest absolute Gasteiger partial charge is 0.348 e. The summed E-state index contributed by atoms with van der Waals surface area (Å²) < 4.78 is 13.1. The molecule has 2 rings (SSSR count). The van der Waals surface area contributed by atoms with E-state index < -0.39 is 0 Å². The van der Waals surface area contributed by atoms with E-state index >= 15 is 0 Å². The van der Waals surface area contributed by atoms with Gasteiger partial charge < -0.3 is 10.3 Å². The molecular weight excluding hydrogens is 253 g/mol. The van der Waals surface area contributed by atoms with E-state index in [0.717, 1.165) is 17.8 Å². The zero-order valence-electron chi connectivity index (χ0n) is 12.3. The van der Waals surface area contributed by atoms with E-state index in [2.05, 4.69) is 36.1 Å². The highest BCUT2D eigenvalue weighted by molar-refractivity contribution is 5.20. The predicted molar refractivity (Wildman–Crippen MR) is 78.6 cm³/mol. The van der Waals surface area contributed by atoms with E-state index in [9.17, 15) is 4.39 Å². The highest BCUT2D eigenvalue weighted by Gasteiger charge is 2.20. The maximum Gasteiger partial charge on any atom is 0.123 e. The van der Waals surface area contributed by atoms with Crippen molar-refractivity contribution in [3.8, 4) is 0 Å². The molecule has 108 valence electrons. The molecule has 0 bridgehead atoms. The standard InChI is InChI=1S/C16H22FN3/c1-16(2,3)10-14(12-4-6-13(17)7-5-12)20-11-15-18-8-9-19-15/h4-9,14,20H,10-11H2,1-3H3,(H,18,19). The summed E-state index contributed by atoms with van der Waals surface area (Å²) >= 11 is 0. The zero-order valence-corrected chi connectivity index (χ0v) is 12.3. The first-order chi connectivity index (χ1) is 9.44. The first kappa shape index (κ1) is 14.7. The van der Waals surface area contributed by atoms with Crippen LogP contribution in [0.2, 0.25) is 0 Å². The molecule has 1 unspecified atom stereocenters. The molecule has 1 atom stereocenters. The van der Waals surface area contributed by atoms with Crippen LogP contribution in [0.25, 0.3) is 0 Å². The monoisotopic (exact) mass is 275 g/mol. The Bertz CT molecular complexity index is 512. The Balaban J connectivity index is 2.09. The summed E-state index contributed by atoms with van der Waals surface area (Å²) in [6, 6.07) is 6.90. The summed E-state index contributed by atoms with van der Waals surface area (Å²) in [7, 11) is 0. The van der Waals surface area contributed by atoms with E-state index in [1.54, 1.807) is 6.20 Å². The van der Waals surface area contributed by atoms with Crippen molar-refractivity contribution in [2.45, 2.75) is 39.8 Å². The van der Waals surface area contributed by atoms with Gasteiger partial charge in [-0.25, -0.2) is 9.37 Å². The molecule has 0 saturated carbocycles. The van der Waals surface area contributed by atoms with Gasteiger partial charge in [0.1, 0.15) is 11.6 Å². The maximum absolute atomic E-state index is 13.1. The lowest BCUT2D eigenvalue weighted by atomic mass is 9.85. The Kier molecular flexibility index (Phi) is 4.55. The highest BCUT2D eigenvalue weighted by atomic mass is 19.1. The number of halogens is 1. The second-order valence-corrected chi connectivity index (χ2v) is 6.29. The molecule has 0 aliphatic heterocycles. The molecule has 2 N–H and O–H groups in total. The third kappa shape index (κ3) is 4.46. The van der Waals surface area contributed by atoms with Gasteiger partial charge in [0.05, 0.1) is 6.54 Å². The van der Waals surface area contributed by atoms with E-state index in [-0.39, 0.29) is 17.3 Å². The number of H-pyrrole nitrogens is 1. The van der Waals surface area contributed by atoms with Crippen LogP contribution in [0.3, 0.4) is 0 Å². The molecule has 2 aromatic rings. The third-order valence-electron chi connectivity index (χ3n) is 3.16. The molecule has 0 saturated heterocycles. The van der Waals surface area contributed by atoms with Crippen LogP contribution < -0.4 is 5.32 Å². The number of aromatic nitrogens is 2. The predicted octanol–water partition coefficient (Wildman–Crippen LogP) is 3.82. The smallest absolute Gasteiger partial charge is 0.123 e. The van der Waals surface area contributed by atoms with Crippen LogP contribution in [0.1, 0.15) is 44.6 Å². The number of hydrogen-bond donors (Lipinski definition) is 2. The molecule has 0 aliphatic rings. The van der Waals surface area contributed by atoms with Gasteiger partial charge in [-0.3, -0.25) is 0 Å².